The molecule has 166 valence electrons. The first-order valence-corrected chi connectivity index (χ1v) is 10.9. The standard InChI is InChI=1S/C25H17Cl3N2O3/c1-33-18-8-5-14(6-9-18)23-24(16-7-10-20(27)21(28)12-16)30-22(29-23)13-19(25(31)32)15-3-2-4-17(26)11-15/h2-13H,1H3,(H,29,30)(H,31,32). The molecule has 0 amide bonds. The molecule has 0 aliphatic carbocycles. The monoisotopic (exact) mass is 498 g/mol. The van der Waals surface area contributed by atoms with Gasteiger partial charge in [-0.1, -0.05) is 53.0 Å². The molecule has 0 saturated heterocycles. The van der Waals surface area contributed by atoms with E-state index in [0.29, 0.717) is 43.6 Å². The van der Waals surface area contributed by atoms with Gasteiger partial charge in [-0.25, -0.2) is 9.78 Å². The minimum Gasteiger partial charge on any atom is -0.497 e. The number of nitrogens with zero attached hydrogens (tertiary/aromatic N) is 1. The number of aromatic amines is 1. The summed E-state index contributed by atoms with van der Waals surface area (Å²) < 4.78 is 5.25. The lowest BCUT2D eigenvalue weighted by molar-refractivity contribution is -0.130. The number of imidazole rings is 1. The van der Waals surface area contributed by atoms with Crippen LogP contribution >= 0.6 is 34.8 Å². The molecule has 2 N–H and O–H groups in total. The Balaban J connectivity index is 1.88. The molecule has 0 fully saturated rings. The molecule has 0 radical (unpaired) electrons. The molecule has 0 spiro atoms. The first-order valence-electron chi connectivity index (χ1n) is 9.76. The van der Waals surface area contributed by atoms with Gasteiger partial charge in [0.15, 0.2) is 0 Å². The Morgan fingerprint density at radius 1 is 0.970 bits per heavy atom. The number of aliphatic carboxylic acids is 1. The highest BCUT2D eigenvalue weighted by atomic mass is 35.5. The minimum absolute atomic E-state index is 0.0493. The molecule has 4 rings (SSSR count). The zero-order valence-electron chi connectivity index (χ0n) is 17.3. The second-order valence-corrected chi connectivity index (χ2v) is 8.33. The summed E-state index contributed by atoms with van der Waals surface area (Å²) in [6.45, 7) is 0. The Hall–Kier alpha value is -3.25. The van der Waals surface area contributed by atoms with E-state index in [1.54, 1.807) is 49.6 Å². The number of rotatable bonds is 6. The number of methoxy groups -OCH3 is 1. The first-order chi connectivity index (χ1) is 15.9. The third kappa shape index (κ3) is 5.06. The molecular weight excluding hydrogens is 483 g/mol. The number of nitrogens with one attached hydrogen (secondary N) is 1. The van der Waals surface area contributed by atoms with Gasteiger partial charge in [0.25, 0.3) is 0 Å². The predicted molar refractivity (Wildman–Crippen MR) is 133 cm³/mol. The van der Waals surface area contributed by atoms with Crippen LogP contribution in [0.5, 0.6) is 5.75 Å². The average molecular weight is 500 g/mol. The molecule has 1 heterocycles. The van der Waals surface area contributed by atoms with E-state index in [1.807, 2.05) is 24.3 Å². The van der Waals surface area contributed by atoms with Gasteiger partial charge < -0.3 is 14.8 Å². The van der Waals surface area contributed by atoms with Crippen LogP contribution in [0, 0.1) is 0 Å². The number of halogens is 3. The van der Waals surface area contributed by atoms with Gasteiger partial charge >= 0.3 is 5.97 Å². The summed E-state index contributed by atoms with van der Waals surface area (Å²) in [7, 11) is 1.60. The Labute approximate surface area is 205 Å². The molecule has 0 bridgehead atoms. The number of benzene rings is 3. The van der Waals surface area contributed by atoms with Crippen LogP contribution in [-0.2, 0) is 4.79 Å². The topological polar surface area (TPSA) is 75.2 Å². The summed E-state index contributed by atoms with van der Waals surface area (Å²) >= 11 is 18.4. The van der Waals surface area contributed by atoms with Crippen molar-refractivity contribution in [2.24, 2.45) is 0 Å². The number of H-pyrrole nitrogens is 1. The molecule has 8 heteroatoms. The number of ether oxygens (including phenoxy) is 1. The maximum atomic E-state index is 12.0. The van der Waals surface area contributed by atoms with Crippen LogP contribution in [0.15, 0.2) is 66.7 Å². The SMILES string of the molecule is COc1ccc(-c2[nH]c(C=C(C(=O)O)c3cccc(Cl)c3)nc2-c2ccc(Cl)c(Cl)c2)cc1. The largest absolute Gasteiger partial charge is 0.497 e. The highest BCUT2D eigenvalue weighted by molar-refractivity contribution is 6.42. The minimum atomic E-state index is -1.10. The summed E-state index contributed by atoms with van der Waals surface area (Å²) in [5.74, 6) is -0.0291. The number of hydrogen-bond donors (Lipinski definition) is 2. The number of carbonyl (C=O) groups is 1. The van der Waals surface area contributed by atoms with Crippen molar-refractivity contribution in [3.05, 3.63) is 93.2 Å². The highest BCUT2D eigenvalue weighted by Gasteiger charge is 2.17. The molecule has 3 aromatic carbocycles. The third-order valence-electron chi connectivity index (χ3n) is 4.94. The van der Waals surface area contributed by atoms with Gasteiger partial charge in [0.1, 0.15) is 11.6 Å². The lowest BCUT2D eigenvalue weighted by Gasteiger charge is -2.06. The Morgan fingerprint density at radius 3 is 2.33 bits per heavy atom. The van der Waals surface area contributed by atoms with Gasteiger partial charge in [-0.05, 0) is 60.2 Å². The van der Waals surface area contributed by atoms with Crippen molar-refractivity contribution in [1.82, 2.24) is 9.97 Å². The van der Waals surface area contributed by atoms with Crippen molar-refractivity contribution in [1.29, 1.82) is 0 Å². The van der Waals surface area contributed by atoms with Crippen LogP contribution < -0.4 is 4.74 Å². The number of hydrogen-bond acceptors (Lipinski definition) is 3. The van der Waals surface area contributed by atoms with Gasteiger partial charge in [-0.15, -0.1) is 0 Å². The van der Waals surface area contributed by atoms with Crippen molar-refractivity contribution in [2.45, 2.75) is 0 Å². The average Bonchev–Trinajstić information content (AvgIpc) is 3.23. The van der Waals surface area contributed by atoms with Crippen LogP contribution in [0.1, 0.15) is 11.4 Å². The fourth-order valence-corrected chi connectivity index (χ4v) is 3.83. The summed E-state index contributed by atoms with van der Waals surface area (Å²) in [4.78, 5) is 19.9. The molecular formula is C25H17Cl3N2O3. The number of carboxylic acid groups (broad SMARTS) is 1. The molecule has 0 atom stereocenters. The molecule has 5 nitrogen and oxygen atoms in total. The van der Waals surface area contributed by atoms with Crippen LogP contribution in [0.3, 0.4) is 0 Å². The van der Waals surface area contributed by atoms with Gasteiger partial charge in [0.05, 0.1) is 34.1 Å². The lowest BCUT2D eigenvalue weighted by Crippen LogP contribution is -2.00. The second kappa shape index (κ2) is 9.71. The molecule has 4 aromatic rings. The second-order valence-electron chi connectivity index (χ2n) is 7.08. The summed E-state index contributed by atoms with van der Waals surface area (Å²) in [5.41, 5.74) is 3.37. The molecule has 33 heavy (non-hydrogen) atoms. The van der Waals surface area contributed by atoms with E-state index >= 15 is 0 Å². The summed E-state index contributed by atoms with van der Waals surface area (Å²) in [6, 6.07) is 19.3. The van der Waals surface area contributed by atoms with E-state index in [2.05, 4.69) is 9.97 Å². The van der Waals surface area contributed by atoms with Crippen LogP contribution in [-0.4, -0.2) is 28.2 Å². The third-order valence-corrected chi connectivity index (χ3v) is 5.92. The predicted octanol–water partition coefficient (Wildman–Crippen LogP) is 7.34. The number of carboxylic acids is 1. The first kappa shape index (κ1) is 22.9. The van der Waals surface area contributed by atoms with E-state index in [0.717, 1.165) is 11.1 Å². The van der Waals surface area contributed by atoms with Crippen molar-refractivity contribution >= 4 is 52.4 Å². The van der Waals surface area contributed by atoms with Crippen LogP contribution in [0.25, 0.3) is 34.2 Å². The maximum Gasteiger partial charge on any atom is 0.336 e. The molecule has 1 aromatic heterocycles. The van der Waals surface area contributed by atoms with Gasteiger partial charge in [-0.3, -0.25) is 0 Å². The Morgan fingerprint density at radius 2 is 1.70 bits per heavy atom. The zero-order chi connectivity index (χ0) is 23.5. The molecule has 0 saturated carbocycles. The Bertz CT molecular complexity index is 1360. The van der Waals surface area contributed by atoms with Gasteiger partial charge in [-0.2, -0.15) is 0 Å². The van der Waals surface area contributed by atoms with Crippen LogP contribution in [0.4, 0.5) is 0 Å². The van der Waals surface area contributed by atoms with E-state index in [1.165, 1.54) is 6.08 Å². The maximum absolute atomic E-state index is 12.0. The van der Waals surface area contributed by atoms with Gasteiger partial charge in [0.2, 0.25) is 0 Å². The van der Waals surface area contributed by atoms with Crippen molar-refractivity contribution in [3.8, 4) is 28.3 Å². The fourth-order valence-electron chi connectivity index (χ4n) is 3.34. The van der Waals surface area contributed by atoms with Crippen molar-refractivity contribution in [3.63, 3.8) is 0 Å². The van der Waals surface area contributed by atoms with E-state index in [-0.39, 0.29) is 5.57 Å². The highest BCUT2D eigenvalue weighted by Crippen LogP contribution is 2.35. The van der Waals surface area contributed by atoms with Crippen molar-refractivity contribution < 1.29 is 14.6 Å². The van der Waals surface area contributed by atoms with Gasteiger partial charge in [0, 0.05) is 16.1 Å². The summed E-state index contributed by atoms with van der Waals surface area (Å²) in [6.07, 6.45) is 1.47. The van der Waals surface area contributed by atoms with E-state index in [9.17, 15) is 9.90 Å². The zero-order valence-corrected chi connectivity index (χ0v) is 19.5. The van der Waals surface area contributed by atoms with Crippen molar-refractivity contribution in [2.75, 3.05) is 7.11 Å². The fraction of sp³-hybridized carbons (Fsp3) is 0.0400. The van der Waals surface area contributed by atoms with Crippen LogP contribution in [0.2, 0.25) is 15.1 Å². The van der Waals surface area contributed by atoms with E-state index < -0.39 is 5.97 Å². The smallest absolute Gasteiger partial charge is 0.336 e. The quantitative estimate of drug-likeness (QED) is 0.272. The lowest BCUT2D eigenvalue weighted by atomic mass is 10.1. The Kier molecular flexibility index (Phi) is 6.75. The van der Waals surface area contributed by atoms with E-state index in [4.69, 9.17) is 39.5 Å². The molecule has 0 aliphatic rings. The molecule has 0 unspecified atom stereocenters. The molecule has 0 aliphatic heterocycles. The number of aromatic nitrogens is 2. The normalized spacial score (nSPS) is 11.5. The summed E-state index contributed by atoms with van der Waals surface area (Å²) in [5, 5.41) is 11.1.